The van der Waals surface area contributed by atoms with Gasteiger partial charge >= 0.3 is 0 Å². The number of aliphatic imine (C=N–C) groups is 1. The van der Waals surface area contributed by atoms with Crippen molar-refractivity contribution in [2.75, 3.05) is 32.4 Å². The van der Waals surface area contributed by atoms with Crippen LogP contribution in [0.25, 0.3) is 0 Å². The summed E-state index contributed by atoms with van der Waals surface area (Å²) in [5.41, 5.74) is 0. The normalized spacial score (nSPS) is 19.2. The molecule has 0 spiro atoms. The molecule has 1 rings (SSSR count). The summed E-state index contributed by atoms with van der Waals surface area (Å²) >= 11 is 2.08. The lowest BCUT2D eigenvalue weighted by atomic mass is 10.2. The smallest absolute Gasteiger partial charge is 0.191 e. The van der Waals surface area contributed by atoms with E-state index in [1.165, 1.54) is 18.6 Å². The Bertz CT molecular complexity index is 283. The summed E-state index contributed by atoms with van der Waals surface area (Å²) in [7, 11) is 1.85. The van der Waals surface area contributed by atoms with Crippen molar-refractivity contribution in [3.63, 3.8) is 0 Å². The summed E-state index contributed by atoms with van der Waals surface area (Å²) < 4.78 is 0. The Balaban J connectivity index is 0.00000400. The predicted octanol–water partition coefficient (Wildman–Crippen LogP) is 2.78. The van der Waals surface area contributed by atoms with Crippen LogP contribution in [-0.2, 0) is 0 Å². The number of thioether (sulfide) groups is 1. The van der Waals surface area contributed by atoms with Crippen molar-refractivity contribution in [2.45, 2.75) is 57.9 Å². The van der Waals surface area contributed by atoms with Crippen molar-refractivity contribution in [1.82, 2.24) is 15.5 Å². The molecule has 1 aliphatic heterocycles. The van der Waals surface area contributed by atoms with E-state index in [4.69, 9.17) is 0 Å². The van der Waals surface area contributed by atoms with Gasteiger partial charge in [0.15, 0.2) is 5.96 Å². The second kappa shape index (κ2) is 11.8. The summed E-state index contributed by atoms with van der Waals surface area (Å²) in [6, 6.07) is 1.17. The minimum Gasteiger partial charge on any atom is -0.355 e. The average Bonchev–Trinajstić information content (AvgIpc) is 2.90. The maximum atomic E-state index is 4.30. The fraction of sp³-hybridized carbons (Fsp3) is 0.933. The molecule has 0 radical (unpaired) electrons. The van der Waals surface area contributed by atoms with Crippen LogP contribution in [0.3, 0.4) is 0 Å². The van der Waals surface area contributed by atoms with E-state index in [2.05, 4.69) is 60.0 Å². The molecule has 0 aromatic heterocycles. The highest BCUT2D eigenvalue weighted by Crippen LogP contribution is 2.25. The van der Waals surface area contributed by atoms with E-state index in [1.54, 1.807) is 0 Å². The number of nitrogens with one attached hydrogen (secondary N) is 2. The van der Waals surface area contributed by atoms with Gasteiger partial charge in [0.25, 0.3) is 0 Å². The molecule has 4 nitrogen and oxygen atoms in total. The molecule has 1 fully saturated rings. The fourth-order valence-electron chi connectivity index (χ4n) is 2.65. The van der Waals surface area contributed by atoms with Crippen molar-refractivity contribution in [3.8, 4) is 0 Å². The second-order valence-corrected chi connectivity index (χ2v) is 7.35. The molecule has 0 amide bonds. The first kappa shape index (κ1) is 21.3. The molecular formula is C15H33IN4S. The Morgan fingerprint density at radius 3 is 2.38 bits per heavy atom. The number of hydrogen-bond donors (Lipinski definition) is 2. The van der Waals surface area contributed by atoms with E-state index in [-0.39, 0.29) is 24.0 Å². The summed E-state index contributed by atoms with van der Waals surface area (Å²) in [4.78, 5) is 6.80. The lowest BCUT2D eigenvalue weighted by molar-refractivity contribution is 0.178. The van der Waals surface area contributed by atoms with Crippen molar-refractivity contribution in [3.05, 3.63) is 0 Å². The Hall–Kier alpha value is 0.310. The number of nitrogens with zero attached hydrogens (tertiary/aromatic N) is 2. The topological polar surface area (TPSA) is 39.7 Å². The fourth-order valence-corrected chi connectivity index (χ4v) is 3.85. The van der Waals surface area contributed by atoms with E-state index in [0.29, 0.717) is 12.1 Å². The summed E-state index contributed by atoms with van der Waals surface area (Å²) in [6.07, 6.45) is 2.70. The Morgan fingerprint density at radius 2 is 1.90 bits per heavy atom. The zero-order valence-electron chi connectivity index (χ0n) is 14.2. The monoisotopic (exact) mass is 428 g/mol. The minimum absolute atomic E-state index is 0. The molecular weight excluding hydrogens is 395 g/mol. The van der Waals surface area contributed by atoms with Gasteiger partial charge in [-0.05, 0) is 46.3 Å². The van der Waals surface area contributed by atoms with Gasteiger partial charge in [0.2, 0.25) is 0 Å². The first-order valence-corrected chi connectivity index (χ1v) is 8.91. The van der Waals surface area contributed by atoms with Crippen molar-refractivity contribution >= 4 is 41.7 Å². The third kappa shape index (κ3) is 8.50. The van der Waals surface area contributed by atoms with E-state index in [1.807, 2.05) is 7.05 Å². The minimum atomic E-state index is 0. The Labute approximate surface area is 152 Å². The van der Waals surface area contributed by atoms with Crippen LogP contribution in [0.4, 0.5) is 0 Å². The largest absolute Gasteiger partial charge is 0.355 e. The standard InChI is InChI=1S/C15H32N4S.HI/c1-12(2)19(13(3)4)9-8-17-15(16-5)18-11-14-7-6-10-20-14;/h12-14H,6-11H2,1-5H3,(H2,16,17,18);1H. The molecule has 0 aliphatic carbocycles. The third-order valence-corrected chi connectivity index (χ3v) is 5.13. The summed E-state index contributed by atoms with van der Waals surface area (Å²) in [6.45, 7) is 12.0. The highest BCUT2D eigenvalue weighted by Gasteiger charge is 2.16. The van der Waals surface area contributed by atoms with Crippen molar-refractivity contribution < 1.29 is 0 Å². The van der Waals surface area contributed by atoms with E-state index < -0.39 is 0 Å². The molecule has 126 valence electrons. The number of guanidine groups is 1. The number of halogens is 1. The van der Waals surface area contributed by atoms with Gasteiger partial charge in [-0.3, -0.25) is 9.89 Å². The van der Waals surface area contributed by atoms with Crippen LogP contribution >= 0.6 is 35.7 Å². The van der Waals surface area contributed by atoms with Gasteiger partial charge in [-0.25, -0.2) is 0 Å². The summed E-state index contributed by atoms with van der Waals surface area (Å²) in [5.74, 6) is 2.25. The molecule has 1 unspecified atom stereocenters. The lowest BCUT2D eigenvalue weighted by Gasteiger charge is -2.30. The van der Waals surface area contributed by atoms with Gasteiger partial charge in [-0.2, -0.15) is 11.8 Å². The Kier molecular flexibility index (Phi) is 12.0. The quantitative estimate of drug-likeness (QED) is 0.372. The first-order valence-electron chi connectivity index (χ1n) is 7.86. The highest BCUT2D eigenvalue weighted by atomic mass is 127. The highest BCUT2D eigenvalue weighted by molar-refractivity contribution is 14.0. The molecule has 1 heterocycles. The van der Waals surface area contributed by atoms with Crippen LogP contribution < -0.4 is 10.6 Å². The van der Waals surface area contributed by atoms with Gasteiger partial charge in [-0.1, -0.05) is 0 Å². The lowest BCUT2D eigenvalue weighted by Crippen LogP contribution is -2.46. The zero-order valence-corrected chi connectivity index (χ0v) is 17.3. The van der Waals surface area contributed by atoms with Gasteiger partial charge in [0.1, 0.15) is 0 Å². The van der Waals surface area contributed by atoms with Crippen LogP contribution in [0.2, 0.25) is 0 Å². The predicted molar refractivity (Wildman–Crippen MR) is 107 cm³/mol. The zero-order chi connectivity index (χ0) is 15.0. The van der Waals surface area contributed by atoms with E-state index in [9.17, 15) is 0 Å². The molecule has 0 saturated carbocycles. The molecule has 2 N–H and O–H groups in total. The molecule has 6 heteroatoms. The second-order valence-electron chi connectivity index (χ2n) is 5.94. The molecule has 1 aliphatic rings. The molecule has 21 heavy (non-hydrogen) atoms. The average molecular weight is 428 g/mol. The van der Waals surface area contributed by atoms with Crippen LogP contribution in [0, 0.1) is 0 Å². The summed E-state index contributed by atoms with van der Waals surface area (Å²) in [5, 5.41) is 7.63. The molecule has 0 bridgehead atoms. The van der Waals surface area contributed by atoms with Crippen LogP contribution in [0.1, 0.15) is 40.5 Å². The van der Waals surface area contributed by atoms with Crippen molar-refractivity contribution in [2.24, 2.45) is 4.99 Å². The van der Waals surface area contributed by atoms with Crippen LogP contribution in [-0.4, -0.2) is 60.6 Å². The molecule has 0 aromatic carbocycles. The first-order chi connectivity index (χ1) is 9.54. The SMILES string of the molecule is CN=C(NCCN(C(C)C)C(C)C)NCC1CCCS1.I. The van der Waals surface area contributed by atoms with Crippen LogP contribution in [0.15, 0.2) is 4.99 Å². The van der Waals surface area contributed by atoms with Crippen molar-refractivity contribution in [1.29, 1.82) is 0 Å². The molecule has 1 saturated heterocycles. The molecule has 0 aromatic rings. The number of hydrogen-bond acceptors (Lipinski definition) is 3. The number of rotatable bonds is 7. The Morgan fingerprint density at radius 1 is 1.24 bits per heavy atom. The van der Waals surface area contributed by atoms with Gasteiger partial charge in [0, 0.05) is 44.0 Å². The third-order valence-electron chi connectivity index (χ3n) is 3.73. The van der Waals surface area contributed by atoms with Gasteiger partial charge < -0.3 is 10.6 Å². The molecule has 1 atom stereocenters. The van der Waals surface area contributed by atoms with Gasteiger partial charge in [0.05, 0.1) is 0 Å². The van der Waals surface area contributed by atoms with Crippen LogP contribution in [0.5, 0.6) is 0 Å². The van der Waals surface area contributed by atoms with E-state index >= 15 is 0 Å². The maximum absolute atomic E-state index is 4.30. The van der Waals surface area contributed by atoms with Gasteiger partial charge in [-0.15, -0.1) is 24.0 Å². The maximum Gasteiger partial charge on any atom is 0.191 e. The van der Waals surface area contributed by atoms with E-state index in [0.717, 1.165) is 30.8 Å².